The van der Waals surface area contributed by atoms with Gasteiger partial charge in [0.2, 0.25) is 10.0 Å². The van der Waals surface area contributed by atoms with Crippen LogP contribution in [0.2, 0.25) is 0 Å². The SMILES string of the molecule is O=S1(=O)CC[C@H](S(=O)(=O)N2CCNCC2)C1. The summed E-state index contributed by atoms with van der Waals surface area (Å²) in [6, 6.07) is 0. The van der Waals surface area contributed by atoms with E-state index in [1.54, 1.807) is 0 Å². The predicted molar refractivity (Wildman–Crippen MR) is 60.4 cm³/mol. The van der Waals surface area contributed by atoms with E-state index in [1.165, 1.54) is 4.31 Å². The van der Waals surface area contributed by atoms with Gasteiger partial charge in [-0.15, -0.1) is 0 Å². The summed E-state index contributed by atoms with van der Waals surface area (Å²) < 4.78 is 48.2. The highest BCUT2D eigenvalue weighted by atomic mass is 32.2. The normalized spacial score (nSPS) is 31.6. The van der Waals surface area contributed by atoms with Gasteiger partial charge in [0.15, 0.2) is 9.84 Å². The number of piperazine rings is 1. The molecular formula is C8H16N2O4S2. The molecule has 2 rings (SSSR count). The highest BCUT2D eigenvalue weighted by Crippen LogP contribution is 2.22. The first kappa shape index (κ1) is 12.3. The van der Waals surface area contributed by atoms with Crippen LogP contribution >= 0.6 is 0 Å². The molecule has 0 radical (unpaired) electrons. The first-order valence-electron chi connectivity index (χ1n) is 5.32. The van der Waals surface area contributed by atoms with E-state index in [4.69, 9.17) is 0 Å². The summed E-state index contributed by atoms with van der Waals surface area (Å²) in [6.07, 6.45) is 0.245. The van der Waals surface area contributed by atoms with E-state index in [1.807, 2.05) is 0 Å². The molecule has 0 aromatic heterocycles. The summed E-state index contributed by atoms with van der Waals surface area (Å²) in [6.45, 7) is 2.16. The lowest BCUT2D eigenvalue weighted by atomic mass is 10.4. The molecule has 94 valence electrons. The third-order valence-corrected chi connectivity index (χ3v) is 7.36. The monoisotopic (exact) mass is 268 g/mol. The Morgan fingerprint density at radius 1 is 1.19 bits per heavy atom. The van der Waals surface area contributed by atoms with Gasteiger partial charge in [-0.25, -0.2) is 16.8 Å². The molecule has 1 N–H and O–H groups in total. The molecule has 0 aliphatic carbocycles. The van der Waals surface area contributed by atoms with Crippen LogP contribution in [0.15, 0.2) is 0 Å². The average molecular weight is 268 g/mol. The molecule has 0 aromatic rings. The van der Waals surface area contributed by atoms with Gasteiger partial charge >= 0.3 is 0 Å². The Bertz CT molecular complexity index is 450. The lowest BCUT2D eigenvalue weighted by Crippen LogP contribution is -2.49. The molecule has 2 aliphatic rings. The number of nitrogens with one attached hydrogen (secondary N) is 1. The number of nitrogens with zero attached hydrogens (tertiary/aromatic N) is 1. The van der Waals surface area contributed by atoms with E-state index in [-0.39, 0.29) is 17.9 Å². The van der Waals surface area contributed by atoms with Crippen molar-refractivity contribution in [2.75, 3.05) is 37.7 Å². The van der Waals surface area contributed by atoms with Crippen molar-refractivity contribution in [2.24, 2.45) is 0 Å². The predicted octanol–water partition coefficient (Wildman–Crippen LogP) is -1.59. The summed E-state index contributed by atoms with van der Waals surface area (Å²) in [5.41, 5.74) is 0. The zero-order chi connectivity index (χ0) is 11.8. The Labute approximate surface area is 96.0 Å². The van der Waals surface area contributed by atoms with Gasteiger partial charge in [0.25, 0.3) is 0 Å². The molecule has 2 saturated heterocycles. The standard InChI is InChI=1S/C8H16N2O4S2/c11-15(12)6-1-8(7-15)16(13,14)10-4-2-9-3-5-10/h8-9H,1-7H2/t8-/m0/s1. The fraction of sp³-hybridized carbons (Fsp3) is 1.00. The molecule has 2 fully saturated rings. The Morgan fingerprint density at radius 3 is 2.31 bits per heavy atom. The largest absolute Gasteiger partial charge is 0.314 e. The molecule has 0 unspecified atom stereocenters. The highest BCUT2D eigenvalue weighted by molar-refractivity contribution is 7.95. The van der Waals surface area contributed by atoms with E-state index in [9.17, 15) is 16.8 Å². The van der Waals surface area contributed by atoms with Gasteiger partial charge in [-0.05, 0) is 6.42 Å². The Balaban J connectivity index is 2.13. The minimum atomic E-state index is -3.42. The second-order valence-corrected chi connectivity index (χ2v) is 8.66. The molecule has 8 heteroatoms. The van der Waals surface area contributed by atoms with Crippen molar-refractivity contribution in [2.45, 2.75) is 11.7 Å². The van der Waals surface area contributed by atoms with Gasteiger partial charge in [-0.1, -0.05) is 0 Å². The lowest BCUT2D eigenvalue weighted by molar-refractivity contribution is 0.356. The second kappa shape index (κ2) is 4.25. The average Bonchev–Trinajstić information content (AvgIpc) is 2.61. The molecule has 0 saturated carbocycles. The van der Waals surface area contributed by atoms with Crippen LogP contribution in [0, 0.1) is 0 Å². The number of hydrogen-bond donors (Lipinski definition) is 1. The number of sulfonamides is 1. The Morgan fingerprint density at radius 2 is 1.81 bits per heavy atom. The topological polar surface area (TPSA) is 83.5 Å². The minimum absolute atomic E-state index is 0.00296. The maximum Gasteiger partial charge on any atom is 0.218 e. The van der Waals surface area contributed by atoms with Crippen molar-refractivity contribution in [3.8, 4) is 0 Å². The van der Waals surface area contributed by atoms with Gasteiger partial charge in [0, 0.05) is 26.2 Å². The van der Waals surface area contributed by atoms with Gasteiger partial charge in [0.05, 0.1) is 16.8 Å². The van der Waals surface area contributed by atoms with Crippen LogP contribution in [0.25, 0.3) is 0 Å². The Hall–Kier alpha value is -0.180. The van der Waals surface area contributed by atoms with Crippen LogP contribution < -0.4 is 5.32 Å². The van der Waals surface area contributed by atoms with E-state index >= 15 is 0 Å². The molecule has 16 heavy (non-hydrogen) atoms. The Kier molecular flexibility index (Phi) is 3.26. The van der Waals surface area contributed by atoms with E-state index in [0.29, 0.717) is 26.2 Å². The summed E-state index contributed by atoms with van der Waals surface area (Å²) in [7, 11) is -6.56. The van der Waals surface area contributed by atoms with Crippen molar-refractivity contribution >= 4 is 19.9 Å². The third-order valence-electron chi connectivity index (χ3n) is 3.05. The summed E-state index contributed by atoms with van der Waals surface area (Å²) in [5, 5.41) is 2.34. The minimum Gasteiger partial charge on any atom is -0.314 e. The van der Waals surface area contributed by atoms with Gasteiger partial charge in [0.1, 0.15) is 0 Å². The lowest BCUT2D eigenvalue weighted by Gasteiger charge is -2.28. The van der Waals surface area contributed by atoms with Crippen LogP contribution in [0.1, 0.15) is 6.42 Å². The van der Waals surface area contributed by atoms with Crippen LogP contribution in [0.5, 0.6) is 0 Å². The van der Waals surface area contributed by atoms with Crippen molar-refractivity contribution in [3.05, 3.63) is 0 Å². The number of hydrogen-bond acceptors (Lipinski definition) is 5. The molecule has 0 spiro atoms. The van der Waals surface area contributed by atoms with Gasteiger partial charge in [-0.2, -0.15) is 4.31 Å². The molecule has 1 atom stereocenters. The number of rotatable bonds is 2. The molecule has 0 amide bonds. The zero-order valence-corrected chi connectivity index (χ0v) is 10.6. The molecule has 0 bridgehead atoms. The second-order valence-electron chi connectivity index (χ2n) is 4.22. The van der Waals surface area contributed by atoms with E-state index in [0.717, 1.165) is 0 Å². The van der Waals surface area contributed by atoms with Crippen molar-refractivity contribution in [1.29, 1.82) is 0 Å². The zero-order valence-electron chi connectivity index (χ0n) is 8.92. The van der Waals surface area contributed by atoms with Crippen LogP contribution in [-0.2, 0) is 19.9 Å². The first-order chi connectivity index (χ1) is 7.42. The maximum absolute atomic E-state index is 12.1. The number of sulfone groups is 1. The fourth-order valence-electron chi connectivity index (χ4n) is 2.11. The van der Waals surface area contributed by atoms with Crippen LogP contribution in [0.3, 0.4) is 0 Å². The summed E-state index contributed by atoms with van der Waals surface area (Å²) in [5.74, 6) is -0.206. The molecule has 6 nitrogen and oxygen atoms in total. The molecule has 2 heterocycles. The van der Waals surface area contributed by atoms with Gasteiger partial charge in [-0.3, -0.25) is 0 Å². The third kappa shape index (κ3) is 2.39. The van der Waals surface area contributed by atoms with Crippen molar-refractivity contribution < 1.29 is 16.8 Å². The van der Waals surface area contributed by atoms with E-state index in [2.05, 4.69) is 5.32 Å². The van der Waals surface area contributed by atoms with Crippen LogP contribution in [-0.4, -0.2) is 64.1 Å². The van der Waals surface area contributed by atoms with E-state index < -0.39 is 25.1 Å². The van der Waals surface area contributed by atoms with Crippen molar-refractivity contribution in [3.63, 3.8) is 0 Å². The van der Waals surface area contributed by atoms with Gasteiger partial charge < -0.3 is 5.32 Å². The van der Waals surface area contributed by atoms with Crippen molar-refractivity contribution in [1.82, 2.24) is 9.62 Å². The first-order valence-corrected chi connectivity index (χ1v) is 8.64. The maximum atomic E-state index is 12.1. The molecular weight excluding hydrogens is 252 g/mol. The fourth-order valence-corrected chi connectivity index (χ4v) is 6.64. The summed E-state index contributed by atoms with van der Waals surface area (Å²) in [4.78, 5) is 0. The highest BCUT2D eigenvalue weighted by Gasteiger charge is 2.40. The molecule has 2 aliphatic heterocycles. The molecule has 0 aromatic carbocycles. The smallest absolute Gasteiger partial charge is 0.218 e. The quantitative estimate of drug-likeness (QED) is 0.653. The van der Waals surface area contributed by atoms with Crippen LogP contribution in [0.4, 0.5) is 0 Å². The summed E-state index contributed by atoms with van der Waals surface area (Å²) >= 11 is 0.